The summed E-state index contributed by atoms with van der Waals surface area (Å²) >= 11 is 0. The molecule has 0 aromatic heterocycles. The number of anilines is 2. The number of aryl methyl sites for hydroxylation is 2. The third-order valence-electron chi connectivity index (χ3n) is 3.70. The number of hydrogen-bond acceptors (Lipinski definition) is 3. The third-order valence-corrected chi connectivity index (χ3v) is 4.30. The molecule has 2 aromatic rings. The van der Waals surface area contributed by atoms with Crippen LogP contribution in [-0.4, -0.2) is 20.6 Å². The summed E-state index contributed by atoms with van der Waals surface area (Å²) < 4.78 is 25.4. The summed E-state index contributed by atoms with van der Waals surface area (Å²) in [6, 6.07) is 12.5. The van der Waals surface area contributed by atoms with Crippen molar-refractivity contribution in [3.05, 3.63) is 59.2 Å². The molecule has 0 heterocycles. The van der Waals surface area contributed by atoms with Gasteiger partial charge in [0.15, 0.2) is 0 Å². The molecule has 1 amide bonds. The fourth-order valence-corrected chi connectivity index (χ4v) is 3.13. The number of amides is 1. The van der Waals surface area contributed by atoms with Crippen molar-refractivity contribution in [2.24, 2.45) is 0 Å². The Bertz CT molecular complexity index is 823. The Hall–Kier alpha value is -2.34. The first kappa shape index (κ1) is 18.0. The molecule has 2 N–H and O–H groups in total. The highest BCUT2D eigenvalue weighted by atomic mass is 32.2. The number of rotatable bonds is 6. The number of carbonyl (C=O) groups is 1. The lowest BCUT2D eigenvalue weighted by molar-refractivity contribution is 0.102. The van der Waals surface area contributed by atoms with Crippen molar-refractivity contribution in [2.45, 2.75) is 26.7 Å². The second kappa shape index (κ2) is 7.49. The average molecular weight is 346 g/mol. The maximum atomic E-state index is 12.7. The molecule has 0 aliphatic rings. The van der Waals surface area contributed by atoms with Crippen LogP contribution >= 0.6 is 0 Å². The van der Waals surface area contributed by atoms with Gasteiger partial charge in [-0.15, -0.1) is 0 Å². The van der Waals surface area contributed by atoms with Crippen molar-refractivity contribution in [2.75, 3.05) is 16.3 Å². The molecule has 0 aliphatic heterocycles. The molecule has 0 bridgehead atoms. The van der Waals surface area contributed by atoms with Gasteiger partial charge in [0.2, 0.25) is 10.0 Å². The average Bonchev–Trinajstić information content (AvgIpc) is 2.54. The molecule has 0 spiro atoms. The molecule has 0 radical (unpaired) electrons. The Morgan fingerprint density at radius 2 is 1.54 bits per heavy atom. The summed E-state index contributed by atoms with van der Waals surface area (Å²) in [5.41, 5.74) is 3.47. The van der Waals surface area contributed by atoms with Crippen LogP contribution in [0.15, 0.2) is 42.5 Å². The number of hydrogen-bond donors (Lipinski definition) is 2. The van der Waals surface area contributed by atoms with E-state index in [0.717, 1.165) is 35.9 Å². The molecule has 2 aromatic carbocycles. The van der Waals surface area contributed by atoms with E-state index in [0.29, 0.717) is 0 Å². The number of nitrogens with one attached hydrogen (secondary N) is 2. The van der Waals surface area contributed by atoms with Gasteiger partial charge in [0.05, 0.1) is 17.5 Å². The van der Waals surface area contributed by atoms with Crippen LogP contribution in [-0.2, 0) is 22.9 Å². The predicted molar refractivity (Wildman–Crippen MR) is 98.1 cm³/mol. The molecule has 5 nitrogen and oxygen atoms in total. The number of sulfonamides is 1. The molecule has 0 fully saturated rings. The van der Waals surface area contributed by atoms with Crippen molar-refractivity contribution in [3.8, 4) is 0 Å². The highest BCUT2D eigenvalue weighted by Crippen LogP contribution is 2.25. The molecular weight excluding hydrogens is 324 g/mol. The van der Waals surface area contributed by atoms with E-state index >= 15 is 0 Å². The first-order chi connectivity index (χ1) is 11.4. The van der Waals surface area contributed by atoms with Gasteiger partial charge in [-0.25, -0.2) is 8.42 Å². The molecule has 2 rings (SSSR count). The van der Waals surface area contributed by atoms with Crippen LogP contribution in [0.3, 0.4) is 0 Å². The molecule has 0 aliphatic carbocycles. The lowest BCUT2D eigenvalue weighted by Gasteiger charge is -2.16. The van der Waals surface area contributed by atoms with E-state index in [1.165, 1.54) is 0 Å². The number of carbonyl (C=O) groups excluding carboxylic acids is 1. The predicted octanol–water partition coefficient (Wildman–Crippen LogP) is 3.44. The smallest absolute Gasteiger partial charge is 0.257 e. The summed E-state index contributed by atoms with van der Waals surface area (Å²) in [5, 5.41) is 2.95. The highest BCUT2D eigenvalue weighted by Gasteiger charge is 2.16. The summed E-state index contributed by atoms with van der Waals surface area (Å²) in [6.45, 7) is 4.06. The minimum Gasteiger partial charge on any atom is -0.321 e. The highest BCUT2D eigenvalue weighted by molar-refractivity contribution is 7.92. The van der Waals surface area contributed by atoms with Crippen molar-refractivity contribution in [1.82, 2.24) is 0 Å². The molecule has 0 atom stereocenters. The van der Waals surface area contributed by atoms with Crippen LogP contribution in [0.5, 0.6) is 0 Å². The van der Waals surface area contributed by atoms with Crippen molar-refractivity contribution in [1.29, 1.82) is 0 Å². The fourth-order valence-electron chi connectivity index (χ4n) is 2.55. The zero-order chi connectivity index (χ0) is 17.7. The first-order valence-corrected chi connectivity index (χ1v) is 9.73. The second-order valence-electron chi connectivity index (χ2n) is 5.53. The SMILES string of the molecule is CCc1cccc(CC)c1NC(=O)c1ccccc1NS(C)(=O)=O. The summed E-state index contributed by atoms with van der Waals surface area (Å²) in [7, 11) is -3.46. The monoisotopic (exact) mass is 346 g/mol. The molecule has 0 unspecified atom stereocenters. The van der Waals surface area contributed by atoms with Gasteiger partial charge in [-0.1, -0.05) is 44.2 Å². The molecular formula is C18H22N2O3S. The standard InChI is InChI=1S/C18H22N2O3S/c1-4-13-9-8-10-14(5-2)17(13)19-18(21)15-11-6-7-12-16(15)20-24(3,22)23/h6-12,20H,4-5H2,1-3H3,(H,19,21). The van der Waals surface area contributed by atoms with E-state index in [1.54, 1.807) is 24.3 Å². The minimum absolute atomic E-state index is 0.268. The van der Waals surface area contributed by atoms with Crippen LogP contribution in [0.2, 0.25) is 0 Å². The number of benzene rings is 2. The third kappa shape index (κ3) is 4.35. The maximum absolute atomic E-state index is 12.7. The van der Waals surface area contributed by atoms with Gasteiger partial charge >= 0.3 is 0 Å². The normalized spacial score (nSPS) is 11.1. The lowest BCUT2D eigenvalue weighted by Crippen LogP contribution is -2.18. The van der Waals surface area contributed by atoms with Gasteiger partial charge in [-0.2, -0.15) is 0 Å². The first-order valence-electron chi connectivity index (χ1n) is 7.84. The van der Waals surface area contributed by atoms with E-state index < -0.39 is 10.0 Å². The van der Waals surface area contributed by atoms with E-state index in [2.05, 4.69) is 10.0 Å². The molecule has 6 heteroatoms. The Morgan fingerprint density at radius 3 is 2.08 bits per heavy atom. The lowest BCUT2D eigenvalue weighted by atomic mass is 10.0. The van der Waals surface area contributed by atoms with E-state index in [-0.39, 0.29) is 17.2 Å². The molecule has 24 heavy (non-hydrogen) atoms. The zero-order valence-corrected chi connectivity index (χ0v) is 14.9. The quantitative estimate of drug-likeness (QED) is 0.841. The molecule has 0 saturated carbocycles. The largest absolute Gasteiger partial charge is 0.321 e. The summed E-state index contributed by atoms with van der Waals surface area (Å²) in [4.78, 5) is 12.7. The van der Waals surface area contributed by atoms with Crippen molar-refractivity contribution >= 4 is 27.3 Å². The zero-order valence-electron chi connectivity index (χ0n) is 14.1. The van der Waals surface area contributed by atoms with Crippen molar-refractivity contribution < 1.29 is 13.2 Å². The Morgan fingerprint density at radius 1 is 0.958 bits per heavy atom. The van der Waals surface area contributed by atoms with Crippen LogP contribution in [0.4, 0.5) is 11.4 Å². The van der Waals surface area contributed by atoms with Gasteiger partial charge in [0.1, 0.15) is 0 Å². The van der Waals surface area contributed by atoms with E-state index in [4.69, 9.17) is 0 Å². The van der Waals surface area contributed by atoms with Gasteiger partial charge in [0, 0.05) is 5.69 Å². The van der Waals surface area contributed by atoms with Gasteiger partial charge < -0.3 is 5.32 Å². The molecule has 0 saturated heterocycles. The second-order valence-corrected chi connectivity index (χ2v) is 7.28. The fraction of sp³-hybridized carbons (Fsp3) is 0.278. The number of para-hydroxylation sites is 2. The van der Waals surface area contributed by atoms with E-state index in [1.807, 2.05) is 32.0 Å². The maximum Gasteiger partial charge on any atom is 0.257 e. The van der Waals surface area contributed by atoms with Gasteiger partial charge in [-0.05, 0) is 36.1 Å². The minimum atomic E-state index is -3.46. The van der Waals surface area contributed by atoms with Crippen molar-refractivity contribution in [3.63, 3.8) is 0 Å². The Balaban J connectivity index is 2.39. The van der Waals surface area contributed by atoms with Crippen LogP contribution in [0.1, 0.15) is 35.3 Å². The van der Waals surface area contributed by atoms with Gasteiger partial charge in [-0.3, -0.25) is 9.52 Å². The Labute approximate surface area is 143 Å². The van der Waals surface area contributed by atoms with Crippen LogP contribution in [0.25, 0.3) is 0 Å². The summed E-state index contributed by atoms with van der Waals surface area (Å²) in [5.74, 6) is -0.336. The van der Waals surface area contributed by atoms with E-state index in [9.17, 15) is 13.2 Å². The van der Waals surface area contributed by atoms with Crippen LogP contribution in [0, 0.1) is 0 Å². The molecule has 128 valence electrons. The topological polar surface area (TPSA) is 75.3 Å². The summed E-state index contributed by atoms with van der Waals surface area (Å²) in [6.07, 6.45) is 2.66. The van der Waals surface area contributed by atoms with Crippen LogP contribution < -0.4 is 10.0 Å². The Kier molecular flexibility index (Phi) is 5.62. The van der Waals surface area contributed by atoms with Gasteiger partial charge in [0.25, 0.3) is 5.91 Å².